The van der Waals surface area contributed by atoms with E-state index in [9.17, 15) is 5.11 Å². The summed E-state index contributed by atoms with van der Waals surface area (Å²) in [4.78, 5) is 8.03. The van der Waals surface area contributed by atoms with Gasteiger partial charge in [-0.2, -0.15) is 0 Å². The Balaban J connectivity index is 2.24. The highest BCUT2D eigenvalue weighted by Gasteiger charge is 2.10. The third-order valence-electron chi connectivity index (χ3n) is 2.80. The summed E-state index contributed by atoms with van der Waals surface area (Å²) < 4.78 is 4.89. The number of benzene rings is 1. The number of ether oxygens (including phenoxy) is 1. The Labute approximate surface area is 127 Å². The van der Waals surface area contributed by atoms with Crippen LogP contribution in [0, 0.1) is 0 Å². The van der Waals surface area contributed by atoms with Gasteiger partial charge in [0.05, 0.1) is 18.4 Å². The summed E-state index contributed by atoms with van der Waals surface area (Å²) in [5.41, 5.74) is 7.90. The van der Waals surface area contributed by atoms with Crippen molar-refractivity contribution in [1.82, 2.24) is 9.97 Å². The number of aromatic nitrogens is 2. The standard InChI is InChI=1S/C14H17ClN4O2/c1-21-8-9(20)7-17-11-5-3-2-4-10(11)12-6-13(15)19-14(16)18-12/h2-6,9,17,20H,7-8H2,1H3,(H2,16,18,19). The first-order valence-corrected chi connectivity index (χ1v) is 6.78. The van der Waals surface area contributed by atoms with Crippen LogP contribution < -0.4 is 11.1 Å². The van der Waals surface area contributed by atoms with Crippen LogP contribution in [0.3, 0.4) is 0 Å². The number of anilines is 2. The second kappa shape index (κ2) is 7.21. The molecular formula is C14H17ClN4O2. The predicted molar refractivity (Wildman–Crippen MR) is 83.3 cm³/mol. The zero-order valence-electron chi connectivity index (χ0n) is 11.6. The van der Waals surface area contributed by atoms with Crippen molar-refractivity contribution in [2.45, 2.75) is 6.10 Å². The Morgan fingerprint density at radius 3 is 2.86 bits per heavy atom. The zero-order chi connectivity index (χ0) is 15.2. The van der Waals surface area contributed by atoms with Crippen molar-refractivity contribution in [3.63, 3.8) is 0 Å². The molecule has 112 valence electrons. The molecule has 0 radical (unpaired) electrons. The van der Waals surface area contributed by atoms with E-state index in [4.69, 9.17) is 22.1 Å². The molecule has 1 atom stereocenters. The smallest absolute Gasteiger partial charge is 0.221 e. The van der Waals surface area contributed by atoms with Gasteiger partial charge in [0.25, 0.3) is 0 Å². The third kappa shape index (κ3) is 4.29. The molecule has 0 fully saturated rings. The van der Waals surface area contributed by atoms with Crippen molar-refractivity contribution >= 4 is 23.2 Å². The summed E-state index contributed by atoms with van der Waals surface area (Å²) in [6, 6.07) is 9.20. The van der Waals surface area contributed by atoms with Crippen LogP contribution in [0.2, 0.25) is 5.15 Å². The van der Waals surface area contributed by atoms with E-state index in [1.807, 2.05) is 24.3 Å². The number of nitrogens with two attached hydrogens (primary N) is 1. The molecule has 21 heavy (non-hydrogen) atoms. The van der Waals surface area contributed by atoms with Gasteiger partial charge in [-0.15, -0.1) is 0 Å². The maximum Gasteiger partial charge on any atom is 0.221 e. The van der Waals surface area contributed by atoms with E-state index in [0.717, 1.165) is 11.3 Å². The van der Waals surface area contributed by atoms with Crippen molar-refractivity contribution in [3.05, 3.63) is 35.5 Å². The van der Waals surface area contributed by atoms with Crippen LogP contribution in [0.15, 0.2) is 30.3 Å². The average Bonchev–Trinajstić information content (AvgIpc) is 2.45. The molecular weight excluding hydrogens is 292 g/mol. The summed E-state index contributed by atoms with van der Waals surface area (Å²) >= 11 is 5.91. The maximum absolute atomic E-state index is 9.71. The monoisotopic (exact) mass is 308 g/mol. The average molecular weight is 309 g/mol. The molecule has 6 nitrogen and oxygen atoms in total. The number of nitrogens with zero attached hydrogens (tertiary/aromatic N) is 2. The molecule has 1 unspecified atom stereocenters. The summed E-state index contributed by atoms with van der Waals surface area (Å²) in [5.74, 6) is 0.117. The first-order valence-electron chi connectivity index (χ1n) is 6.40. The van der Waals surface area contributed by atoms with Crippen LogP contribution in [0.25, 0.3) is 11.3 Å². The molecule has 0 saturated heterocycles. The van der Waals surface area contributed by atoms with Gasteiger partial charge in [-0.25, -0.2) is 9.97 Å². The first kappa shape index (κ1) is 15.5. The number of hydrogen-bond acceptors (Lipinski definition) is 6. The van der Waals surface area contributed by atoms with Gasteiger partial charge >= 0.3 is 0 Å². The first-order chi connectivity index (χ1) is 10.1. The molecule has 0 amide bonds. The lowest BCUT2D eigenvalue weighted by Gasteiger charge is -2.15. The van der Waals surface area contributed by atoms with Crippen molar-refractivity contribution in [3.8, 4) is 11.3 Å². The fourth-order valence-corrected chi connectivity index (χ4v) is 2.10. The number of nitrogen functional groups attached to an aromatic ring is 1. The van der Waals surface area contributed by atoms with Crippen molar-refractivity contribution in [2.75, 3.05) is 31.3 Å². The van der Waals surface area contributed by atoms with E-state index in [-0.39, 0.29) is 17.7 Å². The van der Waals surface area contributed by atoms with E-state index in [2.05, 4.69) is 15.3 Å². The predicted octanol–water partition coefficient (Wildman–Crippen LogP) is 1.80. The van der Waals surface area contributed by atoms with Crippen LogP contribution in [-0.2, 0) is 4.74 Å². The molecule has 0 spiro atoms. The van der Waals surface area contributed by atoms with Gasteiger partial charge in [-0.05, 0) is 6.07 Å². The summed E-state index contributed by atoms with van der Waals surface area (Å²) in [7, 11) is 1.54. The van der Waals surface area contributed by atoms with Gasteiger partial charge < -0.3 is 20.9 Å². The number of rotatable bonds is 6. The van der Waals surface area contributed by atoms with Crippen LogP contribution in [0.5, 0.6) is 0 Å². The number of methoxy groups -OCH3 is 1. The molecule has 0 aliphatic rings. The van der Waals surface area contributed by atoms with E-state index in [0.29, 0.717) is 12.2 Å². The fraction of sp³-hybridized carbons (Fsp3) is 0.286. The molecule has 0 aliphatic heterocycles. The minimum Gasteiger partial charge on any atom is -0.389 e. The highest BCUT2D eigenvalue weighted by molar-refractivity contribution is 6.29. The molecule has 0 bridgehead atoms. The van der Waals surface area contributed by atoms with Gasteiger partial charge in [0.15, 0.2) is 0 Å². The van der Waals surface area contributed by atoms with Crippen LogP contribution in [-0.4, -0.2) is 41.4 Å². The number of nitrogens with one attached hydrogen (secondary N) is 1. The van der Waals surface area contributed by atoms with E-state index >= 15 is 0 Å². The van der Waals surface area contributed by atoms with Gasteiger partial charge in [-0.1, -0.05) is 29.8 Å². The largest absolute Gasteiger partial charge is 0.389 e. The Hall–Kier alpha value is -1.89. The van der Waals surface area contributed by atoms with E-state index in [1.165, 1.54) is 0 Å². The SMILES string of the molecule is COCC(O)CNc1ccccc1-c1cc(Cl)nc(N)n1. The minimum absolute atomic E-state index is 0.117. The Kier molecular flexibility index (Phi) is 5.32. The van der Waals surface area contributed by atoms with E-state index < -0.39 is 6.10 Å². The number of aliphatic hydroxyl groups excluding tert-OH is 1. The second-order valence-electron chi connectivity index (χ2n) is 4.47. The number of hydrogen-bond donors (Lipinski definition) is 3. The lowest BCUT2D eigenvalue weighted by molar-refractivity contribution is 0.0727. The molecule has 0 saturated carbocycles. The molecule has 1 aromatic carbocycles. The number of para-hydroxylation sites is 1. The minimum atomic E-state index is -0.595. The molecule has 2 rings (SSSR count). The van der Waals surface area contributed by atoms with Crippen molar-refractivity contribution < 1.29 is 9.84 Å². The number of aliphatic hydroxyl groups is 1. The summed E-state index contributed by atoms with van der Waals surface area (Å²) in [5, 5.41) is 13.2. The molecule has 0 aliphatic carbocycles. The lowest BCUT2D eigenvalue weighted by atomic mass is 10.1. The van der Waals surface area contributed by atoms with Gasteiger partial charge in [0.1, 0.15) is 5.15 Å². The van der Waals surface area contributed by atoms with Crippen LogP contribution in [0.1, 0.15) is 0 Å². The maximum atomic E-state index is 9.71. The molecule has 2 aromatic rings. The highest BCUT2D eigenvalue weighted by atomic mass is 35.5. The van der Waals surface area contributed by atoms with Crippen molar-refractivity contribution in [2.24, 2.45) is 0 Å². The van der Waals surface area contributed by atoms with Crippen LogP contribution in [0.4, 0.5) is 11.6 Å². The normalized spacial score (nSPS) is 12.1. The summed E-state index contributed by atoms with van der Waals surface area (Å²) in [6.07, 6.45) is -0.595. The highest BCUT2D eigenvalue weighted by Crippen LogP contribution is 2.28. The molecule has 7 heteroatoms. The van der Waals surface area contributed by atoms with E-state index in [1.54, 1.807) is 13.2 Å². The topological polar surface area (TPSA) is 93.3 Å². The van der Waals surface area contributed by atoms with Crippen molar-refractivity contribution in [1.29, 1.82) is 0 Å². The molecule has 1 aromatic heterocycles. The Bertz CT molecular complexity index is 589. The number of halogens is 1. The van der Waals surface area contributed by atoms with Gasteiger partial charge in [-0.3, -0.25) is 0 Å². The fourth-order valence-electron chi connectivity index (χ4n) is 1.91. The second-order valence-corrected chi connectivity index (χ2v) is 4.86. The van der Waals surface area contributed by atoms with Crippen LogP contribution >= 0.6 is 11.6 Å². The zero-order valence-corrected chi connectivity index (χ0v) is 12.3. The van der Waals surface area contributed by atoms with Gasteiger partial charge in [0, 0.05) is 31.0 Å². The Morgan fingerprint density at radius 2 is 2.14 bits per heavy atom. The lowest BCUT2D eigenvalue weighted by Crippen LogP contribution is -2.24. The molecule has 4 N–H and O–H groups in total. The summed E-state index contributed by atoms with van der Waals surface area (Å²) in [6.45, 7) is 0.626. The molecule has 1 heterocycles. The Morgan fingerprint density at radius 1 is 1.38 bits per heavy atom. The van der Waals surface area contributed by atoms with Gasteiger partial charge in [0.2, 0.25) is 5.95 Å². The third-order valence-corrected chi connectivity index (χ3v) is 3.00. The quantitative estimate of drug-likeness (QED) is 0.705.